The number of aliphatic hydroxyl groups excluding tert-OH is 1. The maximum Gasteiger partial charge on any atom is 0.246 e. The Labute approximate surface area is 210 Å². The Hall–Kier alpha value is -2.52. The monoisotopic (exact) mass is 500 g/mol. The van der Waals surface area contributed by atoms with Gasteiger partial charge < -0.3 is 20.6 Å². The molecule has 190 valence electrons. The first-order chi connectivity index (χ1) is 16.5. The molecule has 1 saturated heterocycles. The number of allylic oxidation sites excluding steroid dienone is 3. The van der Waals surface area contributed by atoms with Gasteiger partial charge in [0.15, 0.2) is 0 Å². The van der Waals surface area contributed by atoms with Crippen LogP contribution >= 0.6 is 11.3 Å². The number of aryl methyl sites for hydroxylation is 1. The Bertz CT molecular complexity index is 1050. The zero-order valence-electron chi connectivity index (χ0n) is 21.0. The quantitative estimate of drug-likeness (QED) is 0.533. The second-order valence-electron chi connectivity index (χ2n) is 11.0. The number of likely N-dealkylation sites (tertiary alicyclic amines) is 1. The summed E-state index contributed by atoms with van der Waals surface area (Å²) in [7, 11) is 0. The number of β-amino-alcohol motifs (C(OH)–C–C–N with tert-alkyl or cyclic N) is 1. The SMILES string of the molecule is Cc1ncsc1C1=CC=C(CNC(=O)C2C[C@@H](O)CN2C(=O)[C@@H](NC(=O)C2CC2)C(C)(C)C)CC1. The van der Waals surface area contributed by atoms with Crippen LogP contribution in [0, 0.1) is 18.3 Å². The van der Waals surface area contributed by atoms with Crippen LogP contribution in [0.1, 0.15) is 63.4 Å². The van der Waals surface area contributed by atoms with Gasteiger partial charge in [-0.05, 0) is 43.6 Å². The lowest BCUT2D eigenvalue weighted by Crippen LogP contribution is -2.58. The summed E-state index contributed by atoms with van der Waals surface area (Å²) < 4.78 is 0. The summed E-state index contributed by atoms with van der Waals surface area (Å²) in [6.07, 6.45) is 7.01. The van der Waals surface area contributed by atoms with E-state index in [1.165, 1.54) is 15.4 Å². The van der Waals surface area contributed by atoms with Gasteiger partial charge in [0.25, 0.3) is 0 Å². The van der Waals surface area contributed by atoms with E-state index in [2.05, 4.69) is 21.7 Å². The number of hydrogen-bond donors (Lipinski definition) is 3. The van der Waals surface area contributed by atoms with Gasteiger partial charge in [0.05, 0.1) is 22.2 Å². The van der Waals surface area contributed by atoms with Crippen molar-refractivity contribution in [1.29, 1.82) is 0 Å². The summed E-state index contributed by atoms with van der Waals surface area (Å²) >= 11 is 1.64. The molecule has 1 aromatic heterocycles. The highest BCUT2D eigenvalue weighted by molar-refractivity contribution is 7.10. The average Bonchev–Trinajstić information content (AvgIpc) is 3.46. The highest BCUT2D eigenvalue weighted by Gasteiger charge is 2.45. The number of nitrogens with one attached hydrogen (secondary N) is 2. The molecule has 3 atom stereocenters. The van der Waals surface area contributed by atoms with Gasteiger partial charge in [0.1, 0.15) is 12.1 Å². The second kappa shape index (κ2) is 10.2. The maximum atomic E-state index is 13.5. The van der Waals surface area contributed by atoms with E-state index in [1.54, 1.807) is 11.3 Å². The van der Waals surface area contributed by atoms with E-state index in [0.29, 0.717) is 6.54 Å². The number of carbonyl (C=O) groups is 3. The molecule has 2 heterocycles. The van der Waals surface area contributed by atoms with Gasteiger partial charge in [-0.15, -0.1) is 11.3 Å². The molecule has 0 bridgehead atoms. The third-order valence-electron chi connectivity index (χ3n) is 6.97. The van der Waals surface area contributed by atoms with E-state index < -0.39 is 23.6 Å². The standard InChI is InChI=1S/C26H36N4O4S/c1-15-21(35-14-28-15)17-7-5-16(6-8-17)12-27-24(33)20-11-19(31)13-30(20)25(34)22(26(2,3)4)29-23(32)18-9-10-18/h5,7,14,18-20,22,31H,6,8-13H2,1-4H3,(H,27,33)(H,29,32)/t19-,20?,22-/m1/s1. The average molecular weight is 501 g/mol. The van der Waals surface area contributed by atoms with E-state index in [4.69, 9.17) is 0 Å². The van der Waals surface area contributed by atoms with Crippen LogP contribution in [0.3, 0.4) is 0 Å². The summed E-state index contributed by atoms with van der Waals surface area (Å²) in [6.45, 7) is 8.20. The third-order valence-corrected chi connectivity index (χ3v) is 7.98. The van der Waals surface area contributed by atoms with Crippen molar-refractivity contribution in [3.05, 3.63) is 33.8 Å². The molecule has 0 spiro atoms. The number of hydrogen-bond acceptors (Lipinski definition) is 6. The number of aromatic nitrogens is 1. The molecule has 8 nitrogen and oxygen atoms in total. The van der Waals surface area contributed by atoms with Crippen molar-refractivity contribution in [3.8, 4) is 0 Å². The van der Waals surface area contributed by atoms with E-state index in [9.17, 15) is 19.5 Å². The van der Waals surface area contributed by atoms with Gasteiger partial charge in [0.2, 0.25) is 17.7 Å². The molecule has 0 aromatic carbocycles. The Morgan fingerprint density at radius 1 is 1.20 bits per heavy atom. The molecule has 3 aliphatic rings. The van der Waals surface area contributed by atoms with E-state index >= 15 is 0 Å². The molecular formula is C26H36N4O4S. The minimum atomic E-state index is -0.767. The van der Waals surface area contributed by atoms with Crippen molar-refractivity contribution >= 4 is 34.6 Å². The van der Waals surface area contributed by atoms with E-state index in [0.717, 1.165) is 37.0 Å². The van der Waals surface area contributed by atoms with Crippen LogP contribution in [0.15, 0.2) is 23.2 Å². The highest BCUT2D eigenvalue weighted by atomic mass is 32.1. The lowest BCUT2D eigenvalue weighted by Gasteiger charge is -2.35. The van der Waals surface area contributed by atoms with Gasteiger partial charge in [-0.25, -0.2) is 4.98 Å². The van der Waals surface area contributed by atoms with Gasteiger partial charge in [-0.3, -0.25) is 14.4 Å². The lowest BCUT2D eigenvalue weighted by molar-refractivity contribution is -0.144. The van der Waals surface area contributed by atoms with Crippen molar-refractivity contribution in [1.82, 2.24) is 20.5 Å². The van der Waals surface area contributed by atoms with Crippen LogP contribution in [0.2, 0.25) is 0 Å². The number of aliphatic hydroxyl groups is 1. The van der Waals surface area contributed by atoms with E-state index in [-0.39, 0.29) is 36.6 Å². The van der Waals surface area contributed by atoms with Gasteiger partial charge in [-0.2, -0.15) is 0 Å². The molecule has 35 heavy (non-hydrogen) atoms. The largest absolute Gasteiger partial charge is 0.391 e. The first-order valence-electron chi connectivity index (χ1n) is 12.4. The zero-order chi connectivity index (χ0) is 25.3. The molecule has 0 radical (unpaired) electrons. The first-order valence-corrected chi connectivity index (χ1v) is 13.3. The van der Waals surface area contributed by atoms with Crippen LogP contribution in [-0.4, -0.2) is 64.0 Å². The molecule has 1 aliphatic heterocycles. The number of carbonyl (C=O) groups excluding carboxylic acids is 3. The Morgan fingerprint density at radius 3 is 2.51 bits per heavy atom. The summed E-state index contributed by atoms with van der Waals surface area (Å²) in [4.78, 5) is 46.0. The van der Waals surface area contributed by atoms with Gasteiger partial charge in [-0.1, -0.05) is 38.5 Å². The molecular weight excluding hydrogens is 464 g/mol. The van der Waals surface area contributed by atoms with Crippen molar-refractivity contribution in [2.75, 3.05) is 13.1 Å². The van der Waals surface area contributed by atoms with Crippen LogP contribution in [0.4, 0.5) is 0 Å². The van der Waals surface area contributed by atoms with Crippen molar-refractivity contribution in [3.63, 3.8) is 0 Å². The van der Waals surface area contributed by atoms with Crippen LogP contribution in [0.25, 0.3) is 5.57 Å². The molecule has 2 fully saturated rings. The van der Waals surface area contributed by atoms with Crippen molar-refractivity contribution in [2.24, 2.45) is 11.3 Å². The van der Waals surface area contributed by atoms with Crippen LogP contribution in [-0.2, 0) is 14.4 Å². The van der Waals surface area contributed by atoms with Crippen LogP contribution in [0.5, 0.6) is 0 Å². The molecule has 1 saturated carbocycles. The molecule has 3 amide bonds. The minimum Gasteiger partial charge on any atom is -0.391 e. The second-order valence-corrected chi connectivity index (χ2v) is 11.8. The zero-order valence-corrected chi connectivity index (χ0v) is 21.8. The Balaban J connectivity index is 1.40. The van der Waals surface area contributed by atoms with Crippen molar-refractivity contribution < 1.29 is 19.5 Å². The fourth-order valence-corrected chi connectivity index (χ4v) is 5.53. The molecule has 1 aromatic rings. The van der Waals surface area contributed by atoms with Crippen molar-refractivity contribution in [2.45, 2.75) is 78.0 Å². The lowest BCUT2D eigenvalue weighted by atomic mass is 9.85. The number of rotatable bonds is 7. The molecule has 2 aliphatic carbocycles. The summed E-state index contributed by atoms with van der Waals surface area (Å²) in [5, 5.41) is 16.2. The maximum absolute atomic E-state index is 13.5. The third kappa shape index (κ3) is 6.01. The minimum absolute atomic E-state index is 0.0192. The number of thiazole rings is 1. The van der Waals surface area contributed by atoms with Gasteiger partial charge >= 0.3 is 0 Å². The summed E-state index contributed by atoms with van der Waals surface area (Å²) in [6, 6.07) is -1.51. The van der Waals surface area contributed by atoms with Gasteiger partial charge in [0, 0.05) is 25.4 Å². The predicted molar refractivity (Wildman–Crippen MR) is 135 cm³/mol. The molecule has 9 heteroatoms. The highest BCUT2D eigenvalue weighted by Crippen LogP contribution is 2.32. The Kier molecular flexibility index (Phi) is 7.47. The fourth-order valence-electron chi connectivity index (χ4n) is 4.67. The Morgan fingerprint density at radius 2 is 1.94 bits per heavy atom. The fraction of sp³-hybridized carbons (Fsp3) is 0.615. The number of amides is 3. The predicted octanol–water partition coefficient (Wildman–Crippen LogP) is 2.57. The first kappa shape index (κ1) is 25.6. The topological polar surface area (TPSA) is 112 Å². The normalized spacial score (nSPS) is 23.4. The molecule has 1 unspecified atom stereocenters. The number of nitrogens with zero attached hydrogens (tertiary/aromatic N) is 2. The summed E-state index contributed by atoms with van der Waals surface area (Å²) in [5.41, 5.74) is 4.75. The van der Waals surface area contributed by atoms with Crippen LogP contribution < -0.4 is 10.6 Å². The molecule has 3 N–H and O–H groups in total. The van der Waals surface area contributed by atoms with E-state index in [1.807, 2.05) is 39.3 Å². The smallest absolute Gasteiger partial charge is 0.246 e. The molecule has 4 rings (SSSR count). The summed E-state index contributed by atoms with van der Waals surface area (Å²) in [5.74, 6) is -0.712.